The number of benzene rings is 1. The Morgan fingerprint density at radius 2 is 1.94 bits per heavy atom. The normalized spacial score (nSPS) is 15.9. The zero-order valence-corrected chi connectivity index (χ0v) is 18.7. The van der Waals surface area contributed by atoms with Crippen LogP contribution in [0.25, 0.3) is 11.5 Å². The average Bonchev–Trinajstić information content (AvgIpc) is 3.41. The molecule has 0 bridgehead atoms. The standard InChI is InChI=1S/C26H25FN6O/c27-22-6-2-1-5-19(22)15-21-8-7-20(16-32-21)26(34)33-13-3-4-18(17-33)14-23-24(29-10-9-28-23)25-30-11-12-31-25/h1-2,5-12,16,18H,3-4,13-15,17H2,(H,30,31). The fraction of sp³-hybridized carbons (Fsp3) is 0.269. The van der Waals surface area contributed by atoms with Gasteiger partial charge in [-0.2, -0.15) is 0 Å². The number of halogens is 1. The number of piperidine rings is 1. The molecule has 0 radical (unpaired) electrons. The number of nitrogens with one attached hydrogen (secondary N) is 1. The molecular weight excluding hydrogens is 431 g/mol. The maximum Gasteiger partial charge on any atom is 0.255 e. The van der Waals surface area contributed by atoms with E-state index in [0.717, 1.165) is 42.9 Å². The molecule has 3 aromatic heterocycles. The van der Waals surface area contributed by atoms with Gasteiger partial charge in [0.15, 0.2) is 5.82 Å². The number of aromatic nitrogens is 5. The van der Waals surface area contributed by atoms with Crippen molar-refractivity contribution in [3.63, 3.8) is 0 Å². The number of hydrogen-bond acceptors (Lipinski definition) is 5. The molecule has 1 fully saturated rings. The Bertz CT molecular complexity index is 1260. The monoisotopic (exact) mass is 456 g/mol. The first kappa shape index (κ1) is 21.9. The lowest BCUT2D eigenvalue weighted by atomic mass is 9.92. The number of rotatable bonds is 6. The summed E-state index contributed by atoms with van der Waals surface area (Å²) in [7, 11) is 0. The second kappa shape index (κ2) is 9.91. The first-order valence-electron chi connectivity index (χ1n) is 11.4. The molecule has 34 heavy (non-hydrogen) atoms. The molecule has 0 saturated carbocycles. The zero-order valence-electron chi connectivity index (χ0n) is 18.7. The molecule has 0 aliphatic carbocycles. The van der Waals surface area contributed by atoms with Crippen LogP contribution in [0.3, 0.4) is 0 Å². The maximum atomic E-state index is 13.9. The molecule has 4 heterocycles. The van der Waals surface area contributed by atoms with Crippen LogP contribution in [0.15, 0.2) is 67.4 Å². The summed E-state index contributed by atoms with van der Waals surface area (Å²) in [5.74, 6) is 0.715. The predicted molar refractivity (Wildman–Crippen MR) is 125 cm³/mol. The van der Waals surface area contributed by atoms with Gasteiger partial charge in [-0.15, -0.1) is 0 Å². The Balaban J connectivity index is 1.25. The second-order valence-electron chi connectivity index (χ2n) is 8.56. The molecule has 8 heteroatoms. The molecular formula is C26H25FN6O. The topological polar surface area (TPSA) is 87.7 Å². The number of likely N-dealkylation sites (tertiary alicyclic amines) is 1. The van der Waals surface area contributed by atoms with Crippen molar-refractivity contribution in [2.45, 2.75) is 25.7 Å². The third kappa shape index (κ3) is 4.85. The van der Waals surface area contributed by atoms with Gasteiger partial charge in [0.25, 0.3) is 5.91 Å². The summed E-state index contributed by atoms with van der Waals surface area (Å²) in [6.07, 6.45) is 11.5. The van der Waals surface area contributed by atoms with Crippen molar-refractivity contribution < 1.29 is 9.18 Å². The summed E-state index contributed by atoms with van der Waals surface area (Å²) >= 11 is 0. The van der Waals surface area contributed by atoms with Crippen LogP contribution in [0.2, 0.25) is 0 Å². The Morgan fingerprint density at radius 3 is 2.74 bits per heavy atom. The Morgan fingerprint density at radius 1 is 1.06 bits per heavy atom. The van der Waals surface area contributed by atoms with Crippen LogP contribution in [0.5, 0.6) is 0 Å². The lowest BCUT2D eigenvalue weighted by Crippen LogP contribution is -2.40. The fourth-order valence-electron chi connectivity index (χ4n) is 4.47. The molecule has 1 aromatic carbocycles. The van der Waals surface area contributed by atoms with Gasteiger partial charge in [0, 0.05) is 56.2 Å². The number of hydrogen-bond donors (Lipinski definition) is 1. The van der Waals surface area contributed by atoms with Crippen LogP contribution in [-0.4, -0.2) is 48.8 Å². The van der Waals surface area contributed by atoms with Crippen molar-refractivity contribution in [2.75, 3.05) is 13.1 Å². The SMILES string of the molecule is O=C(c1ccc(Cc2ccccc2F)nc1)N1CCCC(Cc2nccnc2-c2ncc[nH]2)C1. The Labute approximate surface area is 197 Å². The van der Waals surface area contributed by atoms with E-state index in [1.165, 1.54) is 6.07 Å². The van der Waals surface area contributed by atoms with Gasteiger partial charge >= 0.3 is 0 Å². The molecule has 1 aliphatic heterocycles. The van der Waals surface area contributed by atoms with Crippen molar-refractivity contribution >= 4 is 5.91 Å². The Hall–Kier alpha value is -3.94. The summed E-state index contributed by atoms with van der Waals surface area (Å²) in [6, 6.07) is 10.3. The number of carbonyl (C=O) groups is 1. The summed E-state index contributed by atoms with van der Waals surface area (Å²) in [4.78, 5) is 35.9. The summed E-state index contributed by atoms with van der Waals surface area (Å²) in [5.41, 5.74) is 3.51. The highest BCUT2D eigenvalue weighted by Crippen LogP contribution is 2.25. The molecule has 1 aliphatic rings. The molecule has 172 valence electrons. The van der Waals surface area contributed by atoms with Gasteiger partial charge in [0.2, 0.25) is 0 Å². The molecule has 1 N–H and O–H groups in total. The van der Waals surface area contributed by atoms with Crippen molar-refractivity contribution in [1.29, 1.82) is 0 Å². The second-order valence-corrected chi connectivity index (χ2v) is 8.56. The van der Waals surface area contributed by atoms with E-state index < -0.39 is 0 Å². The van der Waals surface area contributed by atoms with Gasteiger partial charge in [-0.25, -0.2) is 14.4 Å². The highest BCUT2D eigenvalue weighted by Gasteiger charge is 2.26. The minimum Gasteiger partial charge on any atom is -0.343 e. The van der Waals surface area contributed by atoms with Crippen LogP contribution < -0.4 is 0 Å². The van der Waals surface area contributed by atoms with Crippen molar-refractivity contribution in [2.24, 2.45) is 5.92 Å². The van der Waals surface area contributed by atoms with Crippen LogP contribution >= 0.6 is 0 Å². The zero-order chi connectivity index (χ0) is 23.3. The molecule has 1 saturated heterocycles. The maximum absolute atomic E-state index is 13.9. The van der Waals surface area contributed by atoms with E-state index in [9.17, 15) is 9.18 Å². The number of pyridine rings is 1. The predicted octanol–water partition coefficient (Wildman–Crippen LogP) is 4.09. The number of imidazole rings is 1. The van der Waals surface area contributed by atoms with Crippen molar-refractivity contribution in [1.82, 2.24) is 29.8 Å². The summed E-state index contributed by atoms with van der Waals surface area (Å²) < 4.78 is 13.9. The number of nitrogens with zero attached hydrogens (tertiary/aromatic N) is 5. The molecule has 5 rings (SSSR count). The first-order valence-corrected chi connectivity index (χ1v) is 11.4. The largest absolute Gasteiger partial charge is 0.343 e. The van der Waals surface area contributed by atoms with Crippen LogP contribution in [0.1, 0.15) is 40.2 Å². The van der Waals surface area contributed by atoms with E-state index in [2.05, 4.69) is 24.9 Å². The highest BCUT2D eigenvalue weighted by atomic mass is 19.1. The van der Waals surface area contributed by atoms with E-state index in [1.807, 2.05) is 11.0 Å². The van der Waals surface area contributed by atoms with Gasteiger partial charge < -0.3 is 9.88 Å². The third-order valence-corrected chi connectivity index (χ3v) is 6.19. The third-order valence-electron chi connectivity index (χ3n) is 6.19. The molecule has 0 spiro atoms. The number of carbonyl (C=O) groups excluding carboxylic acids is 1. The minimum absolute atomic E-state index is 0.0277. The van der Waals surface area contributed by atoms with Crippen molar-refractivity contribution in [3.8, 4) is 11.5 Å². The van der Waals surface area contributed by atoms with Gasteiger partial charge in [-0.05, 0) is 48.9 Å². The van der Waals surface area contributed by atoms with Gasteiger partial charge in [-0.3, -0.25) is 14.8 Å². The quantitative estimate of drug-likeness (QED) is 0.472. The van der Waals surface area contributed by atoms with Gasteiger partial charge in [0.05, 0.1) is 11.3 Å². The highest BCUT2D eigenvalue weighted by molar-refractivity contribution is 5.94. The van der Waals surface area contributed by atoms with E-state index in [-0.39, 0.29) is 17.6 Å². The lowest BCUT2D eigenvalue weighted by molar-refractivity contribution is 0.0672. The van der Waals surface area contributed by atoms with Crippen LogP contribution in [-0.2, 0) is 12.8 Å². The van der Waals surface area contributed by atoms with Crippen LogP contribution in [0.4, 0.5) is 4.39 Å². The number of H-pyrrole nitrogens is 1. The van der Waals surface area contributed by atoms with E-state index in [0.29, 0.717) is 29.9 Å². The number of aromatic amines is 1. The van der Waals surface area contributed by atoms with E-state index in [1.54, 1.807) is 55.2 Å². The van der Waals surface area contributed by atoms with E-state index >= 15 is 0 Å². The minimum atomic E-state index is -0.248. The smallest absolute Gasteiger partial charge is 0.255 e. The lowest BCUT2D eigenvalue weighted by Gasteiger charge is -2.33. The van der Waals surface area contributed by atoms with E-state index in [4.69, 9.17) is 0 Å². The first-order chi connectivity index (χ1) is 16.7. The van der Waals surface area contributed by atoms with Gasteiger partial charge in [-0.1, -0.05) is 18.2 Å². The number of amides is 1. The fourth-order valence-corrected chi connectivity index (χ4v) is 4.47. The Kier molecular flexibility index (Phi) is 6.38. The molecule has 4 aromatic rings. The summed E-state index contributed by atoms with van der Waals surface area (Å²) in [5, 5.41) is 0. The van der Waals surface area contributed by atoms with Crippen LogP contribution in [0, 0.1) is 11.7 Å². The molecule has 7 nitrogen and oxygen atoms in total. The molecule has 1 unspecified atom stereocenters. The van der Waals surface area contributed by atoms with Crippen molar-refractivity contribution in [3.05, 3.63) is 95.7 Å². The molecule has 1 amide bonds. The molecule has 1 atom stereocenters. The average molecular weight is 457 g/mol. The summed E-state index contributed by atoms with van der Waals surface area (Å²) in [6.45, 7) is 1.38. The van der Waals surface area contributed by atoms with Gasteiger partial charge in [0.1, 0.15) is 11.5 Å².